The van der Waals surface area contributed by atoms with Gasteiger partial charge in [0.25, 0.3) is 0 Å². The topological polar surface area (TPSA) is 38.3 Å². The maximum absolute atomic E-state index is 12.0. The molecule has 1 aliphatic rings. The van der Waals surface area contributed by atoms with Gasteiger partial charge in [-0.05, 0) is 30.0 Å². The minimum Gasteiger partial charge on any atom is -0.468 e. The maximum Gasteiger partial charge on any atom is 0.327 e. The van der Waals surface area contributed by atoms with Gasteiger partial charge in [0.1, 0.15) is 6.04 Å². The van der Waals surface area contributed by atoms with Crippen molar-refractivity contribution in [1.29, 1.82) is 0 Å². The van der Waals surface area contributed by atoms with Gasteiger partial charge in [-0.2, -0.15) is 0 Å². The second-order valence-corrected chi connectivity index (χ2v) is 6.17. The van der Waals surface area contributed by atoms with Crippen LogP contribution in [0.1, 0.15) is 31.9 Å². The van der Waals surface area contributed by atoms with Gasteiger partial charge in [-0.15, -0.1) is 11.8 Å². The summed E-state index contributed by atoms with van der Waals surface area (Å²) in [5.74, 6) is -0.324. The molecule has 0 radical (unpaired) electrons. The molecule has 1 aromatic rings. The molecule has 126 valence electrons. The highest BCUT2D eigenvalue weighted by Gasteiger charge is 2.23. The third-order valence-corrected chi connectivity index (χ3v) is 4.60. The number of hydrogen-bond acceptors (Lipinski definition) is 4. The molecule has 3 nitrogen and oxygen atoms in total. The maximum atomic E-state index is 12.0. The summed E-state index contributed by atoms with van der Waals surface area (Å²) < 4.78 is 4.87. The van der Waals surface area contributed by atoms with E-state index in [-0.39, 0.29) is 5.97 Å². The third-order valence-electron chi connectivity index (χ3n) is 3.20. The van der Waals surface area contributed by atoms with Gasteiger partial charge in [0.15, 0.2) is 0 Å². The molecule has 1 aromatic carbocycles. The Bertz CT molecular complexity index is 546. The minimum absolute atomic E-state index is 0.324. The zero-order valence-electron chi connectivity index (χ0n) is 13.8. The number of allylic oxidation sites excluding steroid dienone is 2. The summed E-state index contributed by atoms with van der Waals surface area (Å²) in [4.78, 5) is 12.0. The van der Waals surface area contributed by atoms with E-state index in [0.717, 1.165) is 12.0 Å². The summed E-state index contributed by atoms with van der Waals surface area (Å²) in [5.41, 5.74) is 0.748. The van der Waals surface area contributed by atoms with Crippen molar-refractivity contribution in [2.75, 3.05) is 13.7 Å². The number of carbonyl (C=O) groups excluding carboxylic acids is 1. The summed E-state index contributed by atoms with van der Waals surface area (Å²) in [6.45, 7) is 4.71. The first-order valence-corrected chi connectivity index (χ1v) is 9.09. The van der Waals surface area contributed by atoms with E-state index in [4.69, 9.17) is 16.3 Å². The van der Waals surface area contributed by atoms with Gasteiger partial charge in [-0.25, -0.2) is 4.79 Å². The van der Waals surface area contributed by atoms with Crippen LogP contribution in [0.4, 0.5) is 0 Å². The number of methoxy groups -OCH3 is 1. The van der Waals surface area contributed by atoms with E-state index in [9.17, 15) is 4.79 Å². The summed E-state index contributed by atoms with van der Waals surface area (Å²) in [6, 6.07) is 6.80. The number of nitrogens with one attached hydrogen (secondary N) is 1. The van der Waals surface area contributed by atoms with Crippen LogP contribution in [0.25, 0.3) is 0 Å². The number of esters is 1. The molecule has 0 amide bonds. The van der Waals surface area contributed by atoms with E-state index in [1.807, 2.05) is 44.2 Å². The van der Waals surface area contributed by atoms with E-state index >= 15 is 0 Å². The van der Waals surface area contributed by atoms with Crippen LogP contribution in [0.15, 0.2) is 47.9 Å². The van der Waals surface area contributed by atoms with Crippen LogP contribution in [-0.2, 0) is 9.53 Å². The van der Waals surface area contributed by atoms with Crippen molar-refractivity contribution in [2.24, 2.45) is 0 Å². The minimum atomic E-state index is -0.531. The highest BCUT2D eigenvalue weighted by Crippen LogP contribution is 2.25. The van der Waals surface area contributed by atoms with Crippen molar-refractivity contribution in [3.63, 3.8) is 0 Å². The normalized spacial score (nSPS) is 17.1. The summed E-state index contributed by atoms with van der Waals surface area (Å²) in [6.07, 6.45) is 7.17. The van der Waals surface area contributed by atoms with Gasteiger partial charge in [-0.1, -0.05) is 61.9 Å². The average Bonchev–Trinajstić information content (AvgIpc) is 2.62. The van der Waals surface area contributed by atoms with Gasteiger partial charge >= 0.3 is 5.97 Å². The Morgan fingerprint density at radius 3 is 2.70 bits per heavy atom. The first-order chi connectivity index (χ1) is 11.2. The SMILES string of the molecule is CC.COC(=O)C(NCCC1C=CC=CS1)c1ccccc1Cl. The van der Waals surface area contributed by atoms with Crippen LogP contribution >= 0.6 is 23.4 Å². The zero-order chi connectivity index (χ0) is 17.1. The molecule has 23 heavy (non-hydrogen) atoms. The van der Waals surface area contributed by atoms with Crippen molar-refractivity contribution in [2.45, 2.75) is 31.6 Å². The lowest BCUT2D eigenvalue weighted by molar-refractivity contribution is -0.143. The van der Waals surface area contributed by atoms with Crippen molar-refractivity contribution in [3.8, 4) is 0 Å². The second-order valence-electron chi connectivity index (χ2n) is 4.61. The molecule has 2 atom stereocenters. The number of rotatable bonds is 6. The lowest BCUT2D eigenvalue weighted by Crippen LogP contribution is -2.31. The standard InChI is InChI=1S/C16H18ClNO2S.C2H6/c1-20-16(19)15(13-7-2-3-8-14(13)17)18-10-9-12-6-4-5-11-21-12;1-2/h2-8,11-12,15,18H,9-10H2,1H3;1-2H3. The molecule has 0 spiro atoms. The van der Waals surface area contributed by atoms with Crippen molar-refractivity contribution in [1.82, 2.24) is 5.32 Å². The van der Waals surface area contributed by atoms with Gasteiger partial charge < -0.3 is 10.1 Å². The van der Waals surface area contributed by atoms with E-state index in [0.29, 0.717) is 16.8 Å². The van der Waals surface area contributed by atoms with Crippen molar-refractivity contribution >= 4 is 29.3 Å². The third kappa shape index (κ3) is 6.42. The highest BCUT2D eigenvalue weighted by atomic mass is 35.5. The van der Waals surface area contributed by atoms with Crippen LogP contribution in [0.5, 0.6) is 0 Å². The molecule has 1 heterocycles. The van der Waals surface area contributed by atoms with Gasteiger partial charge in [0, 0.05) is 10.3 Å². The molecular weight excluding hydrogens is 330 g/mol. The predicted molar refractivity (Wildman–Crippen MR) is 99.8 cm³/mol. The van der Waals surface area contributed by atoms with Crippen LogP contribution in [0, 0.1) is 0 Å². The summed E-state index contributed by atoms with van der Waals surface area (Å²) in [5, 5.41) is 6.33. The molecule has 0 fully saturated rings. The molecule has 5 heteroatoms. The number of thioether (sulfide) groups is 1. The number of ether oxygens (including phenoxy) is 1. The first-order valence-electron chi connectivity index (χ1n) is 7.77. The smallest absolute Gasteiger partial charge is 0.327 e. The Kier molecular flexibility index (Phi) is 9.76. The molecule has 1 N–H and O–H groups in total. The fourth-order valence-electron chi connectivity index (χ4n) is 2.11. The van der Waals surface area contributed by atoms with E-state index in [2.05, 4.69) is 16.8 Å². The number of hydrogen-bond donors (Lipinski definition) is 1. The van der Waals surface area contributed by atoms with E-state index in [1.165, 1.54) is 7.11 Å². The van der Waals surface area contributed by atoms with Crippen LogP contribution in [0.3, 0.4) is 0 Å². The zero-order valence-corrected chi connectivity index (χ0v) is 15.4. The summed E-state index contributed by atoms with van der Waals surface area (Å²) >= 11 is 7.95. The van der Waals surface area contributed by atoms with Gasteiger partial charge in [-0.3, -0.25) is 0 Å². The molecule has 0 bridgehead atoms. The van der Waals surface area contributed by atoms with Crippen molar-refractivity contribution < 1.29 is 9.53 Å². The fourth-order valence-corrected chi connectivity index (χ4v) is 3.17. The molecule has 0 aliphatic carbocycles. The Balaban J connectivity index is 0.00000127. The molecule has 0 saturated carbocycles. The van der Waals surface area contributed by atoms with Crippen molar-refractivity contribution in [3.05, 3.63) is 58.5 Å². The number of carbonyl (C=O) groups is 1. The highest BCUT2D eigenvalue weighted by molar-refractivity contribution is 8.02. The molecular formula is C18H24ClNO2S. The van der Waals surface area contributed by atoms with E-state index < -0.39 is 6.04 Å². The first kappa shape index (κ1) is 19.8. The van der Waals surface area contributed by atoms with Crippen LogP contribution in [0.2, 0.25) is 5.02 Å². The van der Waals surface area contributed by atoms with Crippen LogP contribution < -0.4 is 5.32 Å². The quantitative estimate of drug-likeness (QED) is 0.749. The van der Waals surface area contributed by atoms with Gasteiger partial charge in [0.05, 0.1) is 7.11 Å². The molecule has 1 aliphatic heterocycles. The molecule has 2 unspecified atom stereocenters. The predicted octanol–water partition coefficient (Wildman–Crippen LogP) is 4.75. The molecule has 0 aromatic heterocycles. The average molecular weight is 354 g/mol. The largest absolute Gasteiger partial charge is 0.468 e. The Labute approximate surface area is 148 Å². The number of halogens is 1. The van der Waals surface area contributed by atoms with Gasteiger partial charge in [0.2, 0.25) is 0 Å². The Morgan fingerprint density at radius 1 is 1.35 bits per heavy atom. The number of benzene rings is 1. The molecule has 0 saturated heterocycles. The Morgan fingerprint density at radius 2 is 2.09 bits per heavy atom. The summed E-state index contributed by atoms with van der Waals surface area (Å²) in [7, 11) is 1.39. The fraction of sp³-hybridized carbons (Fsp3) is 0.389. The van der Waals surface area contributed by atoms with Crippen LogP contribution in [-0.4, -0.2) is 24.9 Å². The lowest BCUT2D eigenvalue weighted by Gasteiger charge is -2.19. The monoisotopic (exact) mass is 353 g/mol. The second kappa shape index (κ2) is 11.3. The Hall–Kier alpha value is -1.23. The van der Waals surface area contributed by atoms with E-state index in [1.54, 1.807) is 17.8 Å². The lowest BCUT2D eigenvalue weighted by atomic mass is 10.1. The molecule has 2 rings (SSSR count).